The molecule has 0 bridgehead atoms. The molecule has 0 aliphatic carbocycles. The molecule has 1 heterocycles. The van der Waals surface area contributed by atoms with Crippen LogP contribution in [0.4, 0.5) is 0 Å². The van der Waals surface area contributed by atoms with Crippen LogP contribution < -0.4 is 9.47 Å². The molecule has 0 amide bonds. The minimum absolute atomic E-state index is 0.0362. The number of rotatable bonds is 4. The molecule has 142 valence electrons. The smallest absolute Gasteiger partial charge is 0.285 e. The third kappa shape index (κ3) is 3.30. The first-order chi connectivity index (χ1) is 14.1. The maximum atomic E-state index is 13.1. The lowest BCUT2D eigenvalue weighted by Gasteiger charge is -2.27. The highest BCUT2D eigenvalue weighted by Gasteiger charge is 2.45. The van der Waals surface area contributed by atoms with E-state index in [9.17, 15) is 4.79 Å². The normalized spacial score (nSPS) is 14.1. The average molecular weight is 445 g/mol. The summed E-state index contributed by atoms with van der Waals surface area (Å²) in [6.45, 7) is 0. The summed E-state index contributed by atoms with van der Waals surface area (Å²) in [6, 6.07) is 28.9. The highest BCUT2D eigenvalue weighted by atomic mass is 79.9. The SMILES string of the molecule is O=C(CC1(c2ccc(Br)cc2)Oc2cc3ccccc3cc2O1)c1ccccc1. The number of Topliss-reactive ketones (excluding diaryl/α,β-unsaturated/α-hetero) is 1. The van der Waals surface area contributed by atoms with E-state index in [4.69, 9.17) is 9.47 Å². The van der Waals surface area contributed by atoms with Crippen LogP contribution in [0, 0.1) is 0 Å². The van der Waals surface area contributed by atoms with Crippen LogP contribution in [0.3, 0.4) is 0 Å². The zero-order valence-electron chi connectivity index (χ0n) is 15.5. The molecule has 0 aromatic heterocycles. The molecule has 5 rings (SSSR count). The van der Waals surface area contributed by atoms with Crippen LogP contribution in [0.15, 0.2) is 95.5 Å². The van der Waals surface area contributed by atoms with E-state index >= 15 is 0 Å². The van der Waals surface area contributed by atoms with Crippen molar-refractivity contribution in [2.24, 2.45) is 0 Å². The van der Waals surface area contributed by atoms with Gasteiger partial charge in [-0.2, -0.15) is 0 Å². The fraction of sp³-hybridized carbons (Fsp3) is 0.0800. The lowest BCUT2D eigenvalue weighted by molar-refractivity contribution is -0.0846. The van der Waals surface area contributed by atoms with E-state index in [1.54, 1.807) is 0 Å². The molecule has 29 heavy (non-hydrogen) atoms. The van der Waals surface area contributed by atoms with Crippen molar-refractivity contribution >= 4 is 32.5 Å². The van der Waals surface area contributed by atoms with Crippen LogP contribution in [-0.2, 0) is 5.79 Å². The fourth-order valence-electron chi connectivity index (χ4n) is 3.67. The number of fused-ring (bicyclic) bond motifs is 2. The molecule has 0 atom stereocenters. The number of hydrogen-bond donors (Lipinski definition) is 0. The van der Waals surface area contributed by atoms with Crippen LogP contribution in [-0.4, -0.2) is 5.78 Å². The predicted octanol–water partition coefficient (Wildman–Crippen LogP) is 6.50. The second-order valence-electron chi connectivity index (χ2n) is 7.08. The van der Waals surface area contributed by atoms with Gasteiger partial charge in [0.25, 0.3) is 5.79 Å². The van der Waals surface area contributed by atoms with Crippen molar-refractivity contribution in [1.29, 1.82) is 0 Å². The topological polar surface area (TPSA) is 35.5 Å². The van der Waals surface area contributed by atoms with Gasteiger partial charge in [-0.1, -0.05) is 82.7 Å². The number of hydrogen-bond acceptors (Lipinski definition) is 3. The zero-order valence-corrected chi connectivity index (χ0v) is 17.1. The van der Waals surface area contributed by atoms with Crippen molar-refractivity contribution in [2.45, 2.75) is 12.2 Å². The summed E-state index contributed by atoms with van der Waals surface area (Å²) < 4.78 is 13.7. The molecule has 0 unspecified atom stereocenters. The predicted molar refractivity (Wildman–Crippen MR) is 116 cm³/mol. The Labute approximate surface area is 177 Å². The first kappa shape index (κ1) is 18.0. The highest BCUT2D eigenvalue weighted by Crippen LogP contribution is 2.48. The number of carbonyl (C=O) groups excluding carboxylic acids is 1. The number of benzene rings is 4. The maximum Gasteiger partial charge on any atom is 0.285 e. The van der Waals surface area contributed by atoms with Gasteiger partial charge < -0.3 is 9.47 Å². The maximum absolute atomic E-state index is 13.1. The Bertz CT molecular complexity index is 1160. The molecule has 4 heteroatoms. The summed E-state index contributed by atoms with van der Waals surface area (Å²) in [5, 5.41) is 2.13. The van der Waals surface area contributed by atoms with E-state index in [1.807, 2.05) is 91.0 Å². The van der Waals surface area contributed by atoms with Gasteiger partial charge in [-0.05, 0) is 35.0 Å². The standard InChI is InChI=1S/C25H17BrO3/c26-21-12-10-20(11-13-21)25(16-22(27)17-6-2-1-3-7-17)28-23-14-18-8-4-5-9-19(18)15-24(23)29-25/h1-15H,16H2. The Hall–Kier alpha value is -3.11. The van der Waals surface area contributed by atoms with Crippen LogP contribution in [0.25, 0.3) is 10.8 Å². The first-order valence-corrected chi connectivity index (χ1v) is 10.2. The van der Waals surface area contributed by atoms with Gasteiger partial charge in [0, 0.05) is 15.6 Å². The summed E-state index contributed by atoms with van der Waals surface area (Å²) in [5.74, 6) is 0.0544. The van der Waals surface area contributed by atoms with Crippen LogP contribution in [0.2, 0.25) is 0 Å². The monoisotopic (exact) mass is 444 g/mol. The molecule has 0 fully saturated rings. The summed E-state index contributed by atoms with van der Waals surface area (Å²) in [5.41, 5.74) is 1.43. The van der Waals surface area contributed by atoms with Crippen molar-refractivity contribution < 1.29 is 14.3 Å². The fourth-order valence-corrected chi connectivity index (χ4v) is 3.93. The zero-order chi connectivity index (χ0) is 19.8. The van der Waals surface area contributed by atoms with Crippen LogP contribution >= 0.6 is 15.9 Å². The average Bonchev–Trinajstić information content (AvgIpc) is 3.10. The Morgan fingerprint density at radius 2 is 1.31 bits per heavy atom. The van der Waals surface area contributed by atoms with E-state index < -0.39 is 5.79 Å². The van der Waals surface area contributed by atoms with Gasteiger partial charge in [-0.25, -0.2) is 0 Å². The molecule has 1 aliphatic rings. The minimum atomic E-state index is -1.20. The minimum Gasteiger partial charge on any atom is -0.444 e. The molecule has 0 spiro atoms. The number of ketones is 1. The van der Waals surface area contributed by atoms with E-state index in [-0.39, 0.29) is 12.2 Å². The second-order valence-corrected chi connectivity index (χ2v) is 7.99. The molecule has 0 N–H and O–H groups in total. The van der Waals surface area contributed by atoms with E-state index in [0.717, 1.165) is 20.8 Å². The lowest BCUT2D eigenvalue weighted by atomic mass is 9.96. The van der Waals surface area contributed by atoms with Gasteiger partial charge >= 0.3 is 0 Å². The van der Waals surface area contributed by atoms with Crippen molar-refractivity contribution in [2.75, 3.05) is 0 Å². The van der Waals surface area contributed by atoms with Gasteiger partial charge in [-0.3, -0.25) is 4.79 Å². The van der Waals surface area contributed by atoms with Gasteiger partial charge in [0.05, 0.1) is 6.42 Å². The van der Waals surface area contributed by atoms with Crippen LogP contribution in [0.5, 0.6) is 11.5 Å². The van der Waals surface area contributed by atoms with Crippen molar-refractivity contribution in [1.82, 2.24) is 0 Å². The molecule has 0 radical (unpaired) electrons. The molecule has 0 saturated heterocycles. The van der Waals surface area contributed by atoms with E-state index in [2.05, 4.69) is 15.9 Å². The van der Waals surface area contributed by atoms with Crippen molar-refractivity contribution in [3.63, 3.8) is 0 Å². The van der Waals surface area contributed by atoms with Gasteiger partial charge in [0.1, 0.15) is 0 Å². The largest absolute Gasteiger partial charge is 0.444 e. The van der Waals surface area contributed by atoms with Crippen molar-refractivity contribution in [3.05, 3.63) is 107 Å². The highest BCUT2D eigenvalue weighted by molar-refractivity contribution is 9.10. The number of ether oxygens (including phenoxy) is 2. The molecule has 0 saturated carbocycles. The van der Waals surface area contributed by atoms with E-state index in [1.165, 1.54) is 0 Å². The Morgan fingerprint density at radius 1 is 0.759 bits per heavy atom. The first-order valence-electron chi connectivity index (χ1n) is 9.38. The number of halogens is 1. The molecule has 4 aromatic rings. The van der Waals surface area contributed by atoms with Gasteiger partial charge in [0.15, 0.2) is 17.3 Å². The molecular weight excluding hydrogens is 428 g/mol. The molecule has 3 nitrogen and oxygen atoms in total. The van der Waals surface area contributed by atoms with E-state index in [0.29, 0.717) is 17.1 Å². The van der Waals surface area contributed by atoms with Gasteiger partial charge in [0.2, 0.25) is 0 Å². The lowest BCUT2D eigenvalue weighted by Crippen LogP contribution is -2.38. The van der Waals surface area contributed by atoms with Crippen LogP contribution in [0.1, 0.15) is 22.3 Å². The third-order valence-corrected chi connectivity index (χ3v) is 5.66. The molecule has 4 aromatic carbocycles. The van der Waals surface area contributed by atoms with Gasteiger partial charge in [-0.15, -0.1) is 0 Å². The molecular formula is C25H17BrO3. The summed E-state index contributed by atoms with van der Waals surface area (Å²) in [4.78, 5) is 13.1. The Balaban J connectivity index is 1.58. The third-order valence-electron chi connectivity index (χ3n) is 5.13. The Morgan fingerprint density at radius 3 is 1.90 bits per heavy atom. The number of carbonyl (C=O) groups is 1. The summed E-state index contributed by atoms with van der Waals surface area (Å²) >= 11 is 3.47. The summed E-state index contributed by atoms with van der Waals surface area (Å²) in [7, 11) is 0. The van der Waals surface area contributed by atoms with Crippen molar-refractivity contribution in [3.8, 4) is 11.5 Å². The summed E-state index contributed by atoms with van der Waals surface area (Å²) in [6.07, 6.45) is 0.0731. The Kier molecular flexibility index (Phi) is 4.36. The second kappa shape index (κ2) is 7.05. The molecule has 1 aliphatic heterocycles. The quantitative estimate of drug-likeness (QED) is 0.337.